The number of aryl methyl sites for hydroxylation is 1. The topological polar surface area (TPSA) is 18.5 Å². The van der Waals surface area contributed by atoms with E-state index in [4.69, 9.17) is 9.47 Å². The lowest BCUT2D eigenvalue weighted by Gasteiger charge is -2.17. The van der Waals surface area contributed by atoms with E-state index in [-0.39, 0.29) is 6.10 Å². The maximum absolute atomic E-state index is 5.95. The normalized spacial score (nSPS) is 11.9. The van der Waals surface area contributed by atoms with Gasteiger partial charge in [-0.25, -0.2) is 0 Å². The van der Waals surface area contributed by atoms with Gasteiger partial charge in [-0.15, -0.1) is 0 Å². The molecule has 2 aromatic carbocycles. The van der Waals surface area contributed by atoms with E-state index in [1.807, 2.05) is 50.2 Å². The lowest BCUT2D eigenvalue weighted by Crippen LogP contribution is -2.04. The van der Waals surface area contributed by atoms with Crippen LogP contribution in [0, 0.1) is 6.92 Å². The molecule has 2 nitrogen and oxygen atoms in total. The molecular formula is C16H18O2. The number of hydrogen-bond donors (Lipinski definition) is 0. The molecule has 0 aliphatic heterocycles. The molecule has 2 aromatic rings. The van der Waals surface area contributed by atoms with Crippen molar-refractivity contribution < 1.29 is 9.47 Å². The van der Waals surface area contributed by atoms with Crippen molar-refractivity contribution >= 4 is 0 Å². The van der Waals surface area contributed by atoms with Gasteiger partial charge >= 0.3 is 0 Å². The molecule has 0 radical (unpaired) electrons. The smallest absolute Gasteiger partial charge is 0.162 e. The fraction of sp³-hybridized carbons (Fsp3) is 0.250. The molecule has 1 atom stereocenters. The third kappa shape index (κ3) is 2.83. The van der Waals surface area contributed by atoms with Gasteiger partial charge in [0.1, 0.15) is 6.10 Å². The first-order valence-corrected chi connectivity index (χ1v) is 6.07. The lowest BCUT2D eigenvalue weighted by atomic mass is 10.1. The Bertz CT molecular complexity index is 506. The average molecular weight is 242 g/mol. The van der Waals surface area contributed by atoms with Gasteiger partial charge in [-0.1, -0.05) is 36.4 Å². The Kier molecular flexibility index (Phi) is 3.88. The largest absolute Gasteiger partial charge is 0.493 e. The summed E-state index contributed by atoms with van der Waals surface area (Å²) in [6, 6.07) is 16.1. The fourth-order valence-electron chi connectivity index (χ4n) is 1.85. The fourth-order valence-corrected chi connectivity index (χ4v) is 1.85. The van der Waals surface area contributed by atoms with Crippen LogP contribution in [0.2, 0.25) is 0 Å². The van der Waals surface area contributed by atoms with Crippen molar-refractivity contribution in [2.24, 2.45) is 0 Å². The van der Waals surface area contributed by atoms with E-state index in [1.54, 1.807) is 7.11 Å². The highest BCUT2D eigenvalue weighted by Gasteiger charge is 2.10. The van der Waals surface area contributed by atoms with Gasteiger partial charge < -0.3 is 9.47 Å². The molecule has 0 saturated carbocycles. The van der Waals surface area contributed by atoms with Gasteiger partial charge in [-0.2, -0.15) is 0 Å². The van der Waals surface area contributed by atoms with Gasteiger partial charge in [0.2, 0.25) is 0 Å². The zero-order valence-corrected chi connectivity index (χ0v) is 11.0. The van der Waals surface area contributed by atoms with Crippen LogP contribution in [-0.2, 0) is 0 Å². The molecule has 0 amide bonds. The molecule has 2 rings (SSSR count). The van der Waals surface area contributed by atoms with Crippen molar-refractivity contribution in [3.63, 3.8) is 0 Å². The standard InChI is InChI=1S/C16H18O2/c1-12-9-10-15(16(11-12)17-3)18-13(2)14-7-5-4-6-8-14/h4-11,13H,1-3H3. The zero-order chi connectivity index (χ0) is 13.0. The molecule has 1 unspecified atom stereocenters. The van der Waals surface area contributed by atoms with Crippen LogP contribution in [0.5, 0.6) is 11.5 Å². The van der Waals surface area contributed by atoms with Crippen molar-refractivity contribution in [3.8, 4) is 11.5 Å². The second kappa shape index (κ2) is 5.58. The summed E-state index contributed by atoms with van der Waals surface area (Å²) < 4.78 is 11.3. The highest BCUT2D eigenvalue weighted by Crippen LogP contribution is 2.31. The number of ether oxygens (including phenoxy) is 2. The summed E-state index contributed by atoms with van der Waals surface area (Å²) in [5.41, 5.74) is 2.31. The first-order chi connectivity index (χ1) is 8.70. The quantitative estimate of drug-likeness (QED) is 0.802. The zero-order valence-electron chi connectivity index (χ0n) is 11.0. The molecule has 18 heavy (non-hydrogen) atoms. The second-order valence-corrected chi connectivity index (χ2v) is 4.33. The number of hydrogen-bond acceptors (Lipinski definition) is 2. The van der Waals surface area contributed by atoms with Gasteiger partial charge in [0.15, 0.2) is 11.5 Å². The molecular weight excluding hydrogens is 224 g/mol. The van der Waals surface area contributed by atoms with Crippen LogP contribution in [0.3, 0.4) is 0 Å². The van der Waals surface area contributed by atoms with Crippen LogP contribution in [0.25, 0.3) is 0 Å². The minimum Gasteiger partial charge on any atom is -0.493 e. The van der Waals surface area contributed by atoms with E-state index in [2.05, 4.69) is 12.1 Å². The minimum atomic E-state index is 0.00260. The molecule has 0 bridgehead atoms. The van der Waals surface area contributed by atoms with Gasteiger partial charge in [-0.3, -0.25) is 0 Å². The monoisotopic (exact) mass is 242 g/mol. The van der Waals surface area contributed by atoms with Crippen molar-refractivity contribution in [1.29, 1.82) is 0 Å². The first kappa shape index (κ1) is 12.5. The van der Waals surface area contributed by atoms with E-state index in [0.29, 0.717) is 0 Å². The summed E-state index contributed by atoms with van der Waals surface area (Å²) in [6.45, 7) is 4.07. The van der Waals surface area contributed by atoms with E-state index in [9.17, 15) is 0 Å². The molecule has 0 aliphatic rings. The Hall–Kier alpha value is -1.96. The van der Waals surface area contributed by atoms with E-state index < -0.39 is 0 Å². The number of benzene rings is 2. The van der Waals surface area contributed by atoms with Crippen LogP contribution < -0.4 is 9.47 Å². The molecule has 0 N–H and O–H groups in total. The summed E-state index contributed by atoms with van der Waals surface area (Å²) in [5.74, 6) is 1.55. The Labute approximate surface area is 108 Å². The van der Waals surface area contributed by atoms with Crippen molar-refractivity contribution in [2.45, 2.75) is 20.0 Å². The molecule has 0 heterocycles. The second-order valence-electron chi connectivity index (χ2n) is 4.33. The van der Waals surface area contributed by atoms with Gasteiger partial charge in [0.05, 0.1) is 7.11 Å². The molecule has 0 spiro atoms. The summed E-state index contributed by atoms with van der Waals surface area (Å²) in [6.07, 6.45) is 0.00260. The Balaban J connectivity index is 2.19. The van der Waals surface area contributed by atoms with Crippen molar-refractivity contribution in [1.82, 2.24) is 0 Å². The molecule has 2 heteroatoms. The average Bonchev–Trinajstić information content (AvgIpc) is 2.41. The predicted octanol–water partition coefficient (Wildman–Crippen LogP) is 4.14. The minimum absolute atomic E-state index is 0.00260. The predicted molar refractivity (Wildman–Crippen MR) is 73.2 cm³/mol. The third-order valence-electron chi connectivity index (χ3n) is 2.89. The van der Waals surface area contributed by atoms with Gasteiger partial charge in [0, 0.05) is 0 Å². The maximum atomic E-state index is 5.95. The summed E-state index contributed by atoms with van der Waals surface area (Å²) in [5, 5.41) is 0. The lowest BCUT2D eigenvalue weighted by molar-refractivity contribution is 0.216. The first-order valence-electron chi connectivity index (χ1n) is 6.07. The van der Waals surface area contributed by atoms with Crippen molar-refractivity contribution in [3.05, 3.63) is 59.7 Å². The highest BCUT2D eigenvalue weighted by molar-refractivity contribution is 5.43. The van der Waals surface area contributed by atoms with Crippen LogP contribution in [0.15, 0.2) is 48.5 Å². The highest BCUT2D eigenvalue weighted by atomic mass is 16.5. The molecule has 0 aromatic heterocycles. The Morgan fingerprint density at radius 3 is 2.33 bits per heavy atom. The SMILES string of the molecule is COc1cc(C)ccc1OC(C)c1ccccc1. The van der Waals surface area contributed by atoms with E-state index in [1.165, 1.54) is 0 Å². The van der Waals surface area contributed by atoms with Crippen LogP contribution in [0.4, 0.5) is 0 Å². The third-order valence-corrected chi connectivity index (χ3v) is 2.89. The summed E-state index contributed by atoms with van der Waals surface area (Å²) in [7, 11) is 1.66. The van der Waals surface area contributed by atoms with E-state index in [0.717, 1.165) is 22.6 Å². The number of rotatable bonds is 4. The van der Waals surface area contributed by atoms with Crippen LogP contribution in [-0.4, -0.2) is 7.11 Å². The van der Waals surface area contributed by atoms with Crippen LogP contribution >= 0.6 is 0 Å². The molecule has 0 fully saturated rings. The Morgan fingerprint density at radius 1 is 0.944 bits per heavy atom. The van der Waals surface area contributed by atoms with Gasteiger partial charge in [-0.05, 0) is 37.1 Å². The van der Waals surface area contributed by atoms with E-state index >= 15 is 0 Å². The summed E-state index contributed by atoms with van der Waals surface area (Å²) >= 11 is 0. The Morgan fingerprint density at radius 2 is 1.67 bits per heavy atom. The molecule has 0 aliphatic carbocycles. The van der Waals surface area contributed by atoms with Gasteiger partial charge in [0.25, 0.3) is 0 Å². The summed E-state index contributed by atoms with van der Waals surface area (Å²) in [4.78, 5) is 0. The van der Waals surface area contributed by atoms with Crippen molar-refractivity contribution in [2.75, 3.05) is 7.11 Å². The number of methoxy groups -OCH3 is 1. The van der Waals surface area contributed by atoms with Crippen LogP contribution in [0.1, 0.15) is 24.2 Å². The maximum Gasteiger partial charge on any atom is 0.162 e. The molecule has 0 saturated heterocycles. The molecule has 94 valence electrons.